The Balaban J connectivity index is 1.94. The summed E-state index contributed by atoms with van der Waals surface area (Å²) in [6.45, 7) is 8.67. The lowest BCUT2D eigenvalue weighted by molar-refractivity contribution is -0.139. The van der Waals surface area contributed by atoms with Gasteiger partial charge in [-0.15, -0.1) is 0 Å². The summed E-state index contributed by atoms with van der Waals surface area (Å²) in [5.41, 5.74) is 2.78. The summed E-state index contributed by atoms with van der Waals surface area (Å²) >= 11 is 3.40. The minimum Gasteiger partial charge on any atom is -0.462 e. The van der Waals surface area contributed by atoms with Gasteiger partial charge < -0.3 is 4.74 Å². The second-order valence-corrected chi connectivity index (χ2v) is 8.04. The SMILES string of the molecule is C=C(C(=O)OCCCCCBr)[C@@H]1CC[C@H](C)[C@@H]2CC(=O)C(C)=C2C1. The molecule has 3 nitrogen and oxygen atoms in total. The van der Waals surface area contributed by atoms with Crippen molar-refractivity contribution in [3.63, 3.8) is 0 Å². The molecule has 0 spiro atoms. The lowest BCUT2D eigenvalue weighted by atomic mass is 9.86. The molecular formula is C20H29BrO3. The highest BCUT2D eigenvalue weighted by Crippen LogP contribution is 2.45. The largest absolute Gasteiger partial charge is 0.462 e. The molecule has 1 fully saturated rings. The Kier molecular flexibility index (Phi) is 7.27. The molecule has 0 N–H and O–H groups in total. The number of ketones is 1. The molecule has 0 aromatic rings. The third-order valence-electron chi connectivity index (χ3n) is 5.64. The molecule has 0 heterocycles. The van der Waals surface area contributed by atoms with Crippen molar-refractivity contribution in [1.29, 1.82) is 0 Å². The molecule has 2 aliphatic rings. The van der Waals surface area contributed by atoms with Gasteiger partial charge in [0, 0.05) is 17.3 Å². The minimum atomic E-state index is -0.257. The van der Waals surface area contributed by atoms with Crippen LogP contribution in [0.5, 0.6) is 0 Å². The average molecular weight is 397 g/mol. The molecule has 0 aromatic carbocycles. The molecule has 24 heavy (non-hydrogen) atoms. The van der Waals surface area contributed by atoms with Gasteiger partial charge in [0.2, 0.25) is 0 Å². The molecule has 3 atom stereocenters. The Morgan fingerprint density at radius 3 is 2.71 bits per heavy atom. The van der Waals surface area contributed by atoms with E-state index in [0.29, 0.717) is 30.4 Å². The number of ether oxygens (including phenoxy) is 1. The van der Waals surface area contributed by atoms with Gasteiger partial charge in [0.25, 0.3) is 0 Å². The number of allylic oxidation sites excluding steroid dienone is 2. The van der Waals surface area contributed by atoms with Crippen molar-refractivity contribution in [2.45, 2.75) is 58.8 Å². The number of esters is 1. The van der Waals surface area contributed by atoms with Crippen molar-refractivity contribution in [3.05, 3.63) is 23.3 Å². The first kappa shape index (κ1) is 19.4. The van der Waals surface area contributed by atoms with Crippen LogP contribution >= 0.6 is 15.9 Å². The Morgan fingerprint density at radius 1 is 1.25 bits per heavy atom. The van der Waals surface area contributed by atoms with Gasteiger partial charge in [-0.3, -0.25) is 4.79 Å². The Hall–Kier alpha value is -0.900. The van der Waals surface area contributed by atoms with Gasteiger partial charge in [-0.25, -0.2) is 4.79 Å². The normalized spacial score (nSPS) is 27.0. The maximum atomic E-state index is 12.3. The van der Waals surface area contributed by atoms with Crippen molar-refractivity contribution in [3.8, 4) is 0 Å². The van der Waals surface area contributed by atoms with Gasteiger partial charge in [0.05, 0.1) is 6.61 Å². The molecule has 1 saturated carbocycles. The lowest BCUT2D eigenvalue weighted by Gasteiger charge is -2.19. The summed E-state index contributed by atoms with van der Waals surface area (Å²) in [5.74, 6) is 1.01. The van der Waals surface area contributed by atoms with Crippen LogP contribution in [0.15, 0.2) is 23.3 Å². The third kappa shape index (κ3) is 4.59. The van der Waals surface area contributed by atoms with Gasteiger partial charge in [-0.1, -0.05) is 35.0 Å². The summed E-state index contributed by atoms with van der Waals surface area (Å²) < 4.78 is 5.39. The lowest BCUT2D eigenvalue weighted by Crippen LogP contribution is -2.16. The van der Waals surface area contributed by atoms with E-state index in [9.17, 15) is 9.59 Å². The van der Waals surface area contributed by atoms with Crippen LogP contribution in [0.4, 0.5) is 0 Å². The number of alkyl halides is 1. The van der Waals surface area contributed by atoms with Crippen molar-refractivity contribution in [2.24, 2.45) is 17.8 Å². The fraction of sp³-hybridized carbons (Fsp3) is 0.700. The number of halogens is 1. The van der Waals surface area contributed by atoms with Crippen LogP contribution in [0.1, 0.15) is 58.8 Å². The van der Waals surface area contributed by atoms with Crippen LogP contribution in [-0.2, 0) is 14.3 Å². The van der Waals surface area contributed by atoms with E-state index in [4.69, 9.17) is 4.74 Å². The van der Waals surface area contributed by atoms with Crippen LogP contribution in [0.3, 0.4) is 0 Å². The van der Waals surface area contributed by atoms with Gasteiger partial charge in [-0.2, -0.15) is 0 Å². The zero-order valence-corrected chi connectivity index (χ0v) is 16.5. The zero-order chi connectivity index (χ0) is 17.7. The maximum Gasteiger partial charge on any atom is 0.333 e. The molecule has 0 aromatic heterocycles. The second-order valence-electron chi connectivity index (χ2n) is 7.25. The quantitative estimate of drug-likeness (QED) is 0.263. The van der Waals surface area contributed by atoms with Crippen LogP contribution < -0.4 is 0 Å². The molecule has 0 unspecified atom stereocenters. The standard InChI is InChI=1S/C20H29BrO3/c1-13-7-8-16(11-18-15(3)19(22)12-17(13)18)14(2)20(23)24-10-6-4-5-9-21/h13,16-17H,2,4-12H2,1,3H3/t13-,16+,17-/m0/s1. The Labute approximate surface area is 154 Å². The Bertz CT molecular complexity index is 535. The molecule has 0 aliphatic heterocycles. The topological polar surface area (TPSA) is 43.4 Å². The first-order valence-electron chi connectivity index (χ1n) is 9.10. The number of Topliss-reactive ketones (excluding diaryl/α,β-unsaturated/α-hetero) is 1. The van der Waals surface area contributed by atoms with Gasteiger partial charge >= 0.3 is 5.97 Å². The summed E-state index contributed by atoms with van der Waals surface area (Å²) in [5, 5.41) is 0.988. The molecule has 134 valence electrons. The van der Waals surface area contributed by atoms with Gasteiger partial charge in [-0.05, 0) is 68.8 Å². The summed E-state index contributed by atoms with van der Waals surface area (Å²) in [7, 11) is 0. The fourth-order valence-corrected chi connectivity index (χ4v) is 4.31. The minimum absolute atomic E-state index is 0.114. The number of rotatable bonds is 7. The van der Waals surface area contributed by atoms with E-state index >= 15 is 0 Å². The summed E-state index contributed by atoms with van der Waals surface area (Å²) in [4.78, 5) is 24.4. The van der Waals surface area contributed by atoms with Crippen LogP contribution in [0.25, 0.3) is 0 Å². The van der Waals surface area contributed by atoms with Crippen molar-refractivity contribution < 1.29 is 14.3 Å². The number of fused-ring (bicyclic) bond motifs is 1. The number of carbonyl (C=O) groups is 2. The van der Waals surface area contributed by atoms with Gasteiger partial charge in [0.15, 0.2) is 5.78 Å². The number of hydrogen-bond acceptors (Lipinski definition) is 3. The van der Waals surface area contributed by atoms with E-state index in [1.807, 2.05) is 6.92 Å². The summed E-state index contributed by atoms with van der Waals surface area (Å²) in [6.07, 6.45) is 6.50. The number of unbranched alkanes of at least 4 members (excludes halogenated alkanes) is 2. The predicted molar refractivity (Wildman–Crippen MR) is 100 cm³/mol. The van der Waals surface area contributed by atoms with Crippen LogP contribution in [-0.4, -0.2) is 23.7 Å². The highest BCUT2D eigenvalue weighted by atomic mass is 79.9. The first-order valence-corrected chi connectivity index (χ1v) is 10.2. The van der Waals surface area contributed by atoms with Crippen molar-refractivity contribution in [1.82, 2.24) is 0 Å². The van der Waals surface area contributed by atoms with Crippen LogP contribution in [0, 0.1) is 17.8 Å². The highest BCUT2D eigenvalue weighted by Gasteiger charge is 2.38. The molecule has 0 bridgehead atoms. The first-order chi connectivity index (χ1) is 11.5. The van der Waals surface area contributed by atoms with Crippen LogP contribution in [0.2, 0.25) is 0 Å². The monoisotopic (exact) mass is 396 g/mol. The average Bonchev–Trinajstić information content (AvgIpc) is 2.74. The summed E-state index contributed by atoms with van der Waals surface area (Å²) in [6, 6.07) is 0. The maximum absolute atomic E-state index is 12.3. The second kappa shape index (κ2) is 8.98. The number of carbonyl (C=O) groups excluding carboxylic acids is 2. The van der Waals surface area contributed by atoms with E-state index in [0.717, 1.165) is 49.4 Å². The molecule has 0 saturated heterocycles. The smallest absolute Gasteiger partial charge is 0.333 e. The zero-order valence-electron chi connectivity index (χ0n) is 14.9. The molecule has 0 amide bonds. The predicted octanol–water partition coefficient (Wildman–Crippen LogP) is 4.99. The molecule has 2 rings (SSSR count). The van der Waals surface area contributed by atoms with Crippen molar-refractivity contribution in [2.75, 3.05) is 11.9 Å². The van der Waals surface area contributed by atoms with E-state index in [-0.39, 0.29) is 17.7 Å². The van der Waals surface area contributed by atoms with E-state index < -0.39 is 0 Å². The fourth-order valence-electron chi connectivity index (χ4n) is 3.91. The molecule has 4 heteroatoms. The third-order valence-corrected chi connectivity index (χ3v) is 6.20. The van der Waals surface area contributed by atoms with E-state index in [2.05, 4.69) is 29.4 Å². The Morgan fingerprint density at radius 2 is 2.00 bits per heavy atom. The molecule has 2 aliphatic carbocycles. The van der Waals surface area contributed by atoms with Gasteiger partial charge in [0.1, 0.15) is 0 Å². The molecular weight excluding hydrogens is 368 g/mol. The molecule has 0 radical (unpaired) electrons. The highest BCUT2D eigenvalue weighted by molar-refractivity contribution is 9.09. The number of hydrogen-bond donors (Lipinski definition) is 0. The van der Waals surface area contributed by atoms with E-state index in [1.165, 1.54) is 5.57 Å². The van der Waals surface area contributed by atoms with E-state index in [1.54, 1.807) is 0 Å². The van der Waals surface area contributed by atoms with Crippen molar-refractivity contribution >= 4 is 27.7 Å².